The van der Waals surface area contributed by atoms with Crippen molar-refractivity contribution in [3.63, 3.8) is 0 Å². The molecule has 1 N–H and O–H groups in total. The fourth-order valence-corrected chi connectivity index (χ4v) is 3.23. The molecule has 2 aromatic rings. The number of hydrogen-bond acceptors (Lipinski definition) is 2. The quantitative estimate of drug-likeness (QED) is 0.920. The standard InChI is InChI=1S/C16H20ClN3O/c17-14-6-3-7-15-13(14)11-19-20(15)9-8-16(21)18-10-12-4-1-2-5-12/h3,6-7,11-12H,1-2,4-5,8-10H2,(H,18,21). The van der Waals surface area contributed by atoms with Crippen molar-refractivity contribution in [3.05, 3.63) is 29.4 Å². The highest BCUT2D eigenvalue weighted by Crippen LogP contribution is 2.24. The molecule has 0 saturated heterocycles. The minimum absolute atomic E-state index is 0.104. The average molecular weight is 306 g/mol. The Morgan fingerprint density at radius 2 is 2.19 bits per heavy atom. The maximum absolute atomic E-state index is 11.9. The summed E-state index contributed by atoms with van der Waals surface area (Å²) in [5, 5.41) is 8.99. The minimum atomic E-state index is 0.104. The molecular weight excluding hydrogens is 286 g/mol. The molecule has 1 aromatic heterocycles. The molecule has 0 bridgehead atoms. The molecule has 0 unspecified atom stereocenters. The van der Waals surface area contributed by atoms with Crippen LogP contribution >= 0.6 is 11.6 Å². The number of hydrogen-bond donors (Lipinski definition) is 1. The van der Waals surface area contributed by atoms with Gasteiger partial charge in [-0.3, -0.25) is 9.48 Å². The minimum Gasteiger partial charge on any atom is -0.356 e. The fraction of sp³-hybridized carbons (Fsp3) is 0.500. The summed E-state index contributed by atoms with van der Waals surface area (Å²) in [6.07, 6.45) is 7.33. The molecule has 112 valence electrons. The second-order valence-electron chi connectivity index (χ2n) is 5.74. The molecule has 0 radical (unpaired) electrons. The lowest BCUT2D eigenvalue weighted by atomic mass is 10.1. The van der Waals surface area contributed by atoms with Crippen LogP contribution in [0.15, 0.2) is 24.4 Å². The van der Waals surface area contributed by atoms with Gasteiger partial charge in [-0.15, -0.1) is 0 Å². The first kappa shape index (κ1) is 14.4. The molecule has 21 heavy (non-hydrogen) atoms. The molecule has 0 aliphatic heterocycles. The highest BCUT2D eigenvalue weighted by molar-refractivity contribution is 6.35. The number of aromatic nitrogens is 2. The van der Waals surface area contributed by atoms with Crippen LogP contribution in [0.1, 0.15) is 32.1 Å². The van der Waals surface area contributed by atoms with Gasteiger partial charge in [-0.05, 0) is 30.9 Å². The number of carbonyl (C=O) groups excluding carboxylic acids is 1. The summed E-state index contributed by atoms with van der Waals surface area (Å²) in [6, 6.07) is 5.73. The number of rotatable bonds is 5. The number of carbonyl (C=O) groups is 1. The predicted molar refractivity (Wildman–Crippen MR) is 84.3 cm³/mol. The highest BCUT2D eigenvalue weighted by Gasteiger charge is 2.15. The third-order valence-corrected chi connectivity index (χ3v) is 4.58. The average Bonchev–Trinajstić information content (AvgIpc) is 3.13. The van der Waals surface area contributed by atoms with Crippen LogP contribution in [0.2, 0.25) is 5.02 Å². The van der Waals surface area contributed by atoms with E-state index in [2.05, 4.69) is 10.4 Å². The second-order valence-corrected chi connectivity index (χ2v) is 6.15. The van der Waals surface area contributed by atoms with Crippen molar-refractivity contribution in [1.82, 2.24) is 15.1 Å². The molecule has 1 saturated carbocycles. The lowest BCUT2D eigenvalue weighted by Crippen LogP contribution is -2.29. The Labute approximate surface area is 129 Å². The zero-order valence-corrected chi connectivity index (χ0v) is 12.8. The lowest BCUT2D eigenvalue weighted by Gasteiger charge is -2.10. The highest BCUT2D eigenvalue weighted by atomic mass is 35.5. The van der Waals surface area contributed by atoms with Crippen molar-refractivity contribution in [2.45, 2.75) is 38.6 Å². The number of halogens is 1. The van der Waals surface area contributed by atoms with Crippen molar-refractivity contribution in [2.24, 2.45) is 5.92 Å². The van der Waals surface area contributed by atoms with Gasteiger partial charge in [0.1, 0.15) is 0 Å². The van der Waals surface area contributed by atoms with Gasteiger partial charge in [0, 0.05) is 18.4 Å². The first-order valence-electron chi connectivity index (χ1n) is 7.61. The number of aryl methyl sites for hydroxylation is 1. The van der Waals surface area contributed by atoms with E-state index in [1.54, 1.807) is 6.20 Å². The molecule has 3 rings (SSSR count). The van der Waals surface area contributed by atoms with Crippen LogP contribution in [0.4, 0.5) is 0 Å². The normalized spacial score (nSPS) is 15.7. The number of benzene rings is 1. The van der Waals surface area contributed by atoms with E-state index < -0.39 is 0 Å². The van der Waals surface area contributed by atoms with Gasteiger partial charge < -0.3 is 5.32 Å². The Hall–Kier alpha value is -1.55. The van der Waals surface area contributed by atoms with Crippen molar-refractivity contribution in [3.8, 4) is 0 Å². The van der Waals surface area contributed by atoms with E-state index in [1.807, 2.05) is 22.9 Å². The van der Waals surface area contributed by atoms with Gasteiger partial charge in [0.15, 0.2) is 0 Å². The van der Waals surface area contributed by atoms with Crippen LogP contribution in [0.3, 0.4) is 0 Å². The third-order valence-electron chi connectivity index (χ3n) is 4.25. The molecule has 4 nitrogen and oxygen atoms in total. The molecule has 1 heterocycles. The fourth-order valence-electron chi connectivity index (χ4n) is 3.01. The van der Waals surface area contributed by atoms with Crippen molar-refractivity contribution in [1.29, 1.82) is 0 Å². The number of amides is 1. The van der Waals surface area contributed by atoms with E-state index in [0.29, 0.717) is 23.9 Å². The first-order valence-corrected chi connectivity index (χ1v) is 7.98. The zero-order chi connectivity index (χ0) is 14.7. The topological polar surface area (TPSA) is 46.9 Å². The summed E-state index contributed by atoms with van der Waals surface area (Å²) in [5.74, 6) is 0.783. The smallest absolute Gasteiger partial charge is 0.221 e. The second kappa shape index (κ2) is 6.48. The summed E-state index contributed by atoms with van der Waals surface area (Å²) < 4.78 is 1.84. The Bertz CT molecular complexity index is 631. The monoisotopic (exact) mass is 305 g/mol. The van der Waals surface area contributed by atoms with Crippen LogP contribution in [-0.4, -0.2) is 22.2 Å². The number of nitrogens with one attached hydrogen (secondary N) is 1. The molecule has 1 amide bonds. The van der Waals surface area contributed by atoms with Gasteiger partial charge >= 0.3 is 0 Å². The molecule has 1 fully saturated rings. The van der Waals surface area contributed by atoms with Gasteiger partial charge in [-0.2, -0.15) is 5.10 Å². The SMILES string of the molecule is O=C(CCn1ncc2c(Cl)cccc21)NCC1CCCC1. The van der Waals surface area contributed by atoms with Crippen molar-refractivity contribution in [2.75, 3.05) is 6.54 Å². The molecule has 1 aliphatic rings. The van der Waals surface area contributed by atoms with E-state index in [0.717, 1.165) is 17.4 Å². The molecule has 0 atom stereocenters. The van der Waals surface area contributed by atoms with Gasteiger partial charge in [-0.25, -0.2) is 0 Å². The summed E-state index contributed by atoms with van der Waals surface area (Å²) in [5.41, 5.74) is 0.978. The van der Waals surface area contributed by atoms with Gasteiger partial charge in [0.25, 0.3) is 0 Å². The first-order chi connectivity index (χ1) is 10.2. The lowest BCUT2D eigenvalue weighted by molar-refractivity contribution is -0.121. The molecule has 5 heteroatoms. The molecule has 0 spiro atoms. The third kappa shape index (κ3) is 3.38. The molecule has 1 aliphatic carbocycles. The van der Waals surface area contributed by atoms with E-state index in [1.165, 1.54) is 25.7 Å². The number of nitrogens with zero attached hydrogens (tertiary/aromatic N) is 2. The van der Waals surface area contributed by atoms with E-state index in [9.17, 15) is 4.79 Å². The van der Waals surface area contributed by atoms with Crippen LogP contribution in [0.5, 0.6) is 0 Å². The van der Waals surface area contributed by atoms with Crippen LogP contribution in [-0.2, 0) is 11.3 Å². The van der Waals surface area contributed by atoms with Crippen LogP contribution in [0.25, 0.3) is 10.9 Å². The summed E-state index contributed by atoms with van der Waals surface area (Å²) in [4.78, 5) is 11.9. The van der Waals surface area contributed by atoms with Gasteiger partial charge in [0.2, 0.25) is 5.91 Å². The summed E-state index contributed by atoms with van der Waals surface area (Å²) >= 11 is 6.12. The van der Waals surface area contributed by atoms with E-state index in [-0.39, 0.29) is 5.91 Å². The Balaban J connectivity index is 1.53. The summed E-state index contributed by atoms with van der Waals surface area (Å²) in [7, 11) is 0. The largest absolute Gasteiger partial charge is 0.356 e. The Morgan fingerprint density at radius 3 is 3.00 bits per heavy atom. The predicted octanol–water partition coefficient (Wildman–Crippen LogP) is 3.39. The van der Waals surface area contributed by atoms with Crippen LogP contribution < -0.4 is 5.32 Å². The molecule has 1 aromatic carbocycles. The Morgan fingerprint density at radius 1 is 1.38 bits per heavy atom. The van der Waals surface area contributed by atoms with E-state index >= 15 is 0 Å². The van der Waals surface area contributed by atoms with E-state index in [4.69, 9.17) is 11.6 Å². The Kier molecular flexibility index (Phi) is 4.44. The van der Waals surface area contributed by atoms with Crippen LogP contribution in [0, 0.1) is 5.92 Å². The maximum atomic E-state index is 11.9. The zero-order valence-electron chi connectivity index (χ0n) is 12.0. The van der Waals surface area contributed by atoms with Gasteiger partial charge in [0.05, 0.1) is 23.3 Å². The van der Waals surface area contributed by atoms with Crippen molar-refractivity contribution < 1.29 is 4.79 Å². The van der Waals surface area contributed by atoms with Crippen molar-refractivity contribution >= 4 is 28.4 Å². The maximum Gasteiger partial charge on any atom is 0.221 e. The molecular formula is C16H20ClN3O. The van der Waals surface area contributed by atoms with Gasteiger partial charge in [-0.1, -0.05) is 30.5 Å². The summed E-state index contributed by atoms with van der Waals surface area (Å²) in [6.45, 7) is 1.41. The number of fused-ring (bicyclic) bond motifs is 1.